The summed E-state index contributed by atoms with van der Waals surface area (Å²) in [5, 5.41) is 5.91. The van der Waals surface area contributed by atoms with Crippen molar-refractivity contribution in [2.45, 2.75) is 0 Å². The van der Waals surface area contributed by atoms with Crippen molar-refractivity contribution in [3.8, 4) is 0 Å². The summed E-state index contributed by atoms with van der Waals surface area (Å²) >= 11 is 0. The number of H-pyrrole nitrogens is 1. The highest BCUT2D eigenvalue weighted by Gasteiger charge is 2.10. The average molecular weight is 295 g/mol. The molecule has 5 rings (SSSR count). The number of nitrogens with one attached hydrogen (secondary N) is 1. The maximum atomic E-state index is 13.0. The Labute approximate surface area is 132 Å². The van der Waals surface area contributed by atoms with Gasteiger partial charge in [-0.3, -0.25) is 4.79 Å². The van der Waals surface area contributed by atoms with Crippen molar-refractivity contribution in [3.05, 3.63) is 83.0 Å². The van der Waals surface area contributed by atoms with Gasteiger partial charge in [0.1, 0.15) is 0 Å². The van der Waals surface area contributed by atoms with Gasteiger partial charge < -0.3 is 4.98 Å². The zero-order valence-electron chi connectivity index (χ0n) is 12.3. The summed E-state index contributed by atoms with van der Waals surface area (Å²) in [7, 11) is 0. The fourth-order valence-corrected chi connectivity index (χ4v) is 3.46. The van der Waals surface area contributed by atoms with Gasteiger partial charge in [-0.05, 0) is 22.9 Å². The van der Waals surface area contributed by atoms with Crippen LogP contribution in [-0.2, 0) is 0 Å². The highest BCUT2D eigenvalue weighted by molar-refractivity contribution is 6.13. The quantitative estimate of drug-likeness (QED) is 0.317. The van der Waals surface area contributed by atoms with Crippen LogP contribution in [0.2, 0.25) is 0 Å². The van der Waals surface area contributed by atoms with Crippen LogP contribution < -0.4 is 5.43 Å². The second-order valence-corrected chi connectivity index (χ2v) is 5.87. The number of fused-ring (bicyclic) bond motifs is 6. The Morgan fingerprint density at radius 1 is 0.522 bits per heavy atom. The van der Waals surface area contributed by atoms with E-state index in [1.165, 1.54) is 0 Å². The minimum atomic E-state index is 0.0882. The third-order valence-electron chi connectivity index (χ3n) is 4.60. The smallest absolute Gasteiger partial charge is 0.197 e. The van der Waals surface area contributed by atoms with Crippen LogP contribution in [0.1, 0.15) is 0 Å². The molecular weight excluding hydrogens is 282 g/mol. The molecule has 2 nitrogen and oxygen atoms in total. The molecule has 0 atom stereocenters. The zero-order chi connectivity index (χ0) is 15.4. The van der Waals surface area contributed by atoms with Crippen LogP contribution in [-0.4, -0.2) is 4.98 Å². The predicted octanol–water partition coefficient (Wildman–Crippen LogP) is 4.99. The summed E-state index contributed by atoms with van der Waals surface area (Å²) in [6.07, 6.45) is 0. The fourth-order valence-electron chi connectivity index (χ4n) is 3.46. The summed E-state index contributed by atoms with van der Waals surface area (Å²) in [5.41, 5.74) is 1.92. The highest BCUT2D eigenvalue weighted by atomic mass is 16.1. The number of hydrogen-bond donors (Lipinski definition) is 1. The Bertz CT molecular complexity index is 1180. The first-order valence-corrected chi connectivity index (χ1v) is 7.68. The second-order valence-electron chi connectivity index (χ2n) is 5.87. The molecule has 0 bridgehead atoms. The number of pyridine rings is 1. The first-order valence-electron chi connectivity index (χ1n) is 7.68. The lowest BCUT2D eigenvalue weighted by molar-refractivity contribution is 1.51. The molecule has 0 saturated carbocycles. The van der Waals surface area contributed by atoms with E-state index < -0.39 is 0 Å². The number of benzene rings is 4. The van der Waals surface area contributed by atoms with Crippen LogP contribution in [0.4, 0.5) is 0 Å². The number of aromatic amines is 1. The van der Waals surface area contributed by atoms with Crippen LogP contribution in [0.15, 0.2) is 77.6 Å². The lowest BCUT2D eigenvalue weighted by Crippen LogP contribution is -2.04. The van der Waals surface area contributed by atoms with Crippen molar-refractivity contribution in [1.82, 2.24) is 4.98 Å². The van der Waals surface area contributed by atoms with E-state index in [1.54, 1.807) is 0 Å². The molecule has 1 aromatic heterocycles. The predicted molar refractivity (Wildman–Crippen MR) is 97.1 cm³/mol. The molecule has 5 aromatic rings. The average Bonchev–Trinajstić information content (AvgIpc) is 2.61. The summed E-state index contributed by atoms with van der Waals surface area (Å²) in [6, 6.07) is 24.2. The van der Waals surface area contributed by atoms with Crippen molar-refractivity contribution in [2.75, 3.05) is 0 Å². The minimum absolute atomic E-state index is 0.0882. The molecule has 0 spiro atoms. The van der Waals surface area contributed by atoms with Crippen molar-refractivity contribution in [2.24, 2.45) is 0 Å². The Balaban J connectivity index is 2.12. The van der Waals surface area contributed by atoms with Gasteiger partial charge in [-0.2, -0.15) is 0 Å². The van der Waals surface area contributed by atoms with Crippen LogP contribution in [0.5, 0.6) is 0 Å². The van der Waals surface area contributed by atoms with Crippen LogP contribution in [0.25, 0.3) is 43.4 Å². The lowest BCUT2D eigenvalue weighted by atomic mass is 10.0. The first-order chi connectivity index (χ1) is 11.3. The van der Waals surface area contributed by atoms with Crippen LogP contribution in [0, 0.1) is 0 Å². The number of rotatable bonds is 0. The molecule has 0 aliphatic rings. The lowest BCUT2D eigenvalue weighted by Gasteiger charge is -2.08. The maximum Gasteiger partial charge on any atom is 0.197 e. The summed E-state index contributed by atoms with van der Waals surface area (Å²) in [5.74, 6) is 0. The van der Waals surface area contributed by atoms with Crippen molar-refractivity contribution >= 4 is 43.4 Å². The second kappa shape index (κ2) is 4.43. The molecule has 0 amide bonds. The van der Waals surface area contributed by atoms with Gasteiger partial charge in [0, 0.05) is 21.5 Å². The van der Waals surface area contributed by atoms with Gasteiger partial charge in [0.05, 0.1) is 11.0 Å². The van der Waals surface area contributed by atoms with E-state index in [9.17, 15) is 4.79 Å². The van der Waals surface area contributed by atoms with Gasteiger partial charge in [0.25, 0.3) is 0 Å². The topological polar surface area (TPSA) is 32.9 Å². The van der Waals surface area contributed by atoms with Gasteiger partial charge >= 0.3 is 0 Å². The molecule has 0 saturated heterocycles. The Morgan fingerprint density at radius 3 is 1.52 bits per heavy atom. The third-order valence-corrected chi connectivity index (χ3v) is 4.60. The van der Waals surface area contributed by atoms with E-state index in [0.29, 0.717) is 0 Å². The molecule has 4 aromatic carbocycles. The van der Waals surface area contributed by atoms with E-state index in [0.717, 1.165) is 43.4 Å². The Kier molecular flexibility index (Phi) is 2.39. The number of aromatic nitrogens is 1. The monoisotopic (exact) mass is 295 g/mol. The number of hydrogen-bond acceptors (Lipinski definition) is 1. The van der Waals surface area contributed by atoms with E-state index in [-0.39, 0.29) is 5.43 Å². The molecule has 0 aliphatic carbocycles. The Morgan fingerprint density at radius 2 is 1.00 bits per heavy atom. The van der Waals surface area contributed by atoms with Gasteiger partial charge in [-0.25, -0.2) is 0 Å². The molecule has 1 N–H and O–H groups in total. The van der Waals surface area contributed by atoms with Gasteiger partial charge in [-0.1, -0.05) is 60.7 Å². The molecule has 0 fully saturated rings. The first kappa shape index (κ1) is 12.4. The molecule has 23 heavy (non-hydrogen) atoms. The molecular formula is C21H13NO. The van der Waals surface area contributed by atoms with Crippen molar-refractivity contribution in [1.29, 1.82) is 0 Å². The summed E-state index contributed by atoms with van der Waals surface area (Å²) < 4.78 is 0. The molecule has 2 heteroatoms. The van der Waals surface area contributed by atoms with Gasteiger partial charge in [-0.15, -0.1) is 0 Å². The van der Waals surface area contributed by atoms with E-state index in [4.69, 9.17) is 0 Å². The van der Waals surface area contributed by atoms with Gasteiger partial charge in [0.2, 0.25) is 0 Å². The molecule has 108 valence electrons. The standard InChI is InChI=1S/C21H13NO/c23-21-17-11-9-13-5-1-3-7-15(13)19(17)22-20-16-8-4-2-6-14(16)10-12-18(20)21/h1-12H,(H,22,23). The minimum Gasteiger partial charge on any atom is -0.353 e. The van der Waals surface area contributed by atoms with Crippen LogP contribution >= 0.6 is 0 Å². The highest BCUT2D eigenvalue weighted by Crippen LogP contribution is 2.27. The Hall–Kier alpha value is -3.13. The SMILES string of the molecule is O=c1c2ccc3ccccc3c2[nH]c2c1ccc1ccccc12. The van der Waals surface area contributed by atoms with Crippen molar-refractivity contribution in [3.63, 3.8) is 0 Å². The largest absolute Gasteiger partial charge is 0.353 e. The maximum absolute atomic E-state index is 13.0. The summed E-state index contributed by atoms with van der Waals surface area (Å²) in [6.45, 7) is 0. The van der Waals surface area contributed by atoms with E-state index in [1.807, 2.05) is 48.5 Å². The molecule has 0 radical (unpaired) electrons. The summed E-state index contributed by atoms with van der Waals surface area (Å²) in [4.78, 5) is 16.5. The van der Waals surface area contributed by atoms with Gasteiger partial charge in [0.15, 0.2) is 5.43 Å². The van der Waals surface area contributed by atoms with E-state index >= 15 is 0 Å². The molecule has 0 aliphatic heterocycles. The zero-order valence-corrected chi connectivity index (χ0v) is 12.3. The van der Waals surface area contributed by atoms with Crippen LogP contribution in [0.3, 0.4) is 0 Å². The van der Waals surface area contributed by atoms with Crippen molar-refractivity contribution < 1.29 is 0 Å². The van der Waals surface area contributed by atoms with E-state index in [2.05, 4.69) is 29.2 Å². The third kappa shape index (κ3) is 1.66. The fraction of sp³-hybridized carbons (Fsp3) is 0. The molecule has 0 unspecified atom stereocenters. The normalized spacial score (nSPS) is 11.7. The molecule has 1 heterocycles.